The van der Waals surface area contributed by atoms with Gasteiger partial charge in [-0.1, -0.05) is 29.8 Å². The predicted molar refractivity (Wildman–Crippen MR) is 115 cm³/mol. The highest BCUT2D eigenvalue weighted by Gasteiger charge is 2.26. The first kappa shape index (κ1) is 17.6. The van der Waals surface area contributed by atoms with Crippen molar-refractivity contribution in [2.24, 2.45) is 0 Å². The molecule has 0 saturated carbocycles. The fourth-order valence-corrected chi connectivity index (χ4v) is 4.92. The number of rotatable bonds is 3. The minimum Gasteiger partial charge on any atom is -0.361 e. The lowest BCUT2D eigenvalue weighted by Crippen LogP contribution is -2.32. The Balaban J connectivity index is 1.31. The highest BCUT2D eigenvalue weighted by molar-refractivity contribution is 6.31. The van der Waals surface area contributed by atoms with Gasteiger partial charge in [-0.05, 0) is 66.1 Å². The molecular formula is C24H22ClN3. The second kappa shape index (κ2) is 7.13. The summed E-state index contributed by atoms with van der Waals surface area (Å²) in [6.07, 6.45) is 7.88. The topological polar surface area (TPSA) is 42.8 Å². The number of nitriles is 1. The number of hydrogen-bond donors (Lipinski definition) is 1. The summed E-state index contributed by atoms with van der Waals surface area (Å²) in [5, 5.41) is 11.2. The van der Waals surface area contributed by atoms with Crippen LogP contribution in [0.1, 0.15) is 41.0 Å². The quantitative estimate of drug-likeness (QED) is 0.643. The van der Waals surface area contributed by atoms with Gasteiger partial charge in [0.2, 0.25) is 0 Å². The molecule has 0 fully saturated rings. The van der Waals surface area contributed by atoms with Crippen LogP contribution in [0, 0.1) is 11.3 Å². The minimum atomic E-state index is 0.550. The molecule has 4 heteroatoms. The lowest BCUT2D eigenvalue weighted by Gasteiger charge is -2.29. The number of halogens is 1. The molecule has 1 aliphatic heterocycles. The lowest BCUT2D eigenvalue weighted by molar-refractivity contribution is 0.281. The molecule has 0 radical (unpaired) electrons. The van der Waals surface area contributed by atoms with E-state index < -0.39 is 0 Å². The first-order valence-corrected chi connectivity index (χ1v) is 10.3. The van der Waals surface area contributed by atoms with Crippen LogP contribution >= 0.6 is 11.6 Å². The molecule has 0 spiro atoms. The number of aryl methyl sites for hydroxylation is 1. The first-order valence-electron chi connectivity index (χ1n) is 9.92. The largest absolute Gasteiger partial charge is 0.361 e. The summed E-state index contributed by atoms with van der Waals surface area (Å²) in [5.41, 5.74) is 7.42. The minimum absolute atomic E-state index is 0.550. The molecule has 1 aliphatic carbocycles. The Hall–Kier alpha value is -2.54. The second-order valence-corrected chi connectivity index (χ2v) is 8.33. The van der Waals surface area contributed by atoms with Crippen LogP contribution in [-0.2, 0) is 6.42 Å². The number of fused-ring (bicyclic) bond motifs is 2. The summed E-state index contributed by atoms with van der Waals surface area (Å²) in [6.45, 7) is 3.14. The molecule has 0 saturated heterocycles. The summed E-state index contributed by atoms with van der Waals surface area (Å²) in [6, 6.07) is 14.5. The summed E-state index contributed by atoms with van der Waals surface area (Å²) in [5.74, 6) is 0.550. The van der Waals surface area contributed by atoms with E-state index in [9.17, 15) is 5.26 Å². The van der Waals surface area contributed by atoms with Crippen molar-refractivity contribution in [3.05, 3.63) is 75.9 Å². The molecule has 3 nitrogen and oxygen atoms in total. The maximum Gasteiger partial charge on any atom is 0.0991 e. The molecule has 28 heavy (non-hydrogen) atoms. The molecule has 0 amide bonds. The highest BCUT2D eigenvalue weighted by atomic mass is 35.5. The summed E-state index contributed by atoms with van der Waals surface area (Å²) < 4.78 is 0. The summed E-state index contributed by atoms with van der Waals surface area (Å²) in [4.78, 5) is 5.90. The fourth-order valence-electron chi connectivity index (χ4n) is 4.74. The number of nitrogens with one attached hydrogen (secondary N) is 1. The van der Waals surface area contributed by atoms with E-state index in [1.165, 1.54) is 34.1 Å². The number of aromatic nitrogens is 1. The molecule has 2 heterocycles. The van der Waals surface area contributed by atoms with Gasteiger partial charge in [0.25, 0.3) is 0 Å². The average Bonchev–Trinajstić information content (AvgIpc) is 3.32. The van der Waals surface area contributed by atoms with Crippen molar-refractivity contribution in [1.82, 2.24) is 9.88 Å². The predicted octanol–water partition coefficient (Wildman–Crippen LogP) is 5.51. The van der Waals surface area contributed by atoms with Crippen LogP contribution < -0.4 is 0 Å². The van der Waals surface area contributed by atoms with Crippen molar-refractivity contribution < 1.29 is 0 Å². The lowest BCUT2D eigenvalue weighted by atomic mass is 9.96. The van der Waals surface area contributed by atoms with Crippen LogP contribution in [0.4, 0.5) is 0 Å². The van der Waals surface area contributed by atoms with Crippen molar-refractivity contribution in [3.8, 4) is 6.07 Å². The van der Waals surface area contributed by atoms with E-state index in [1.807, 2.05) is 18.2 Å². The number of hydrogen-bond acceptors (Lipinski definition) is 2. The molecule has 1 N–H and O–H groups in total. The Bertz CT molecular complexity index is 1120. The van der Waals surface area contributed by atoms with Gasteiger partial charge >= 0.3 is 0 Å². The SMILES string of the molecule is N#Cc1ccc2c(c1)C(CN1CC=C(c3c[nH]c4cc(Cl)ccc34)CC1)CC2. The van der Waals surface area contributed by atoms with Crippen LogP contribution in [-0.4, -0.2) is 29.5 Å². The molecule has 1 atom stereocenters. The molecule has 140 valence electrons. The summed E-state index contributed by atoms with van der Waals surface area (Å²) >= 11 is 6.11. The van der Waals surface area contributed by atoms with E-state index in [-0.39, 0.29) is 0 Å². The molecule has 2 aromatic carbocycles. The average molecular weight is 388 g/mol. The number of nitrogens with zero attached hydrogens (tertiary/aromatic N) is 2. The third-order valence-electron chi connectivity index (χ3n) is 6.24. The standard InChI is InChI=1S/C24H22ClN3/c25-20-5-6-21-23(14-27-24(21)12-20)18-7-9-28(10-8-18)15-19-4-3-17-2-1-16(13-26)11-22(17)19/h1-2,5-7,11-12,14,19,27H,3-4,8-10,15H2. The molecule has 1 unspecified atom stereocenters. The van der Waals surface area contributed by atoms with Gasteiger partial charge in [-0.3, -0.25) is 4.90 Å². The molecule has 5 rings (SSSR count). The maximum atomic E-state index is 9.21. The van der Waals surface area contributed by atoms with E-state index in [0.717, 1.165) is 48.6 Å². The summed E-state index contributed by atoms with van der Waals surface area (Å²) in [7, 11) is 0. The van der Waals surface area contributed by atoms with Crippen molar-refractivity contribution in [3.63, 3.8) is 0 Å². The van der Waals surface area contributed by atoms with Gasteiger partial charge in [0.05, 0.1) is 11.6 Å². The molecular weight excluding hydrogens is 366 g/mol. The first-order chi connectivity index (χ1) is 13.7. The van der Waals surface area contributed by atoms with Gasteiger partial charge in [-0.25, -0.2) is 0 Å². The third kappa shape index (κ3) is 3.13. The van der Waals surface area contributed by atoms with Crippen molar-refractivity contribution in [1.29, 1.82) is 5.26 Å². The Labute approximate surface area is 170 Å². The van der Waals surface area contributed by atoms with Crippen molar-refractivity contribution in [2.45, 2.75) is 25.2 Å². The number of benzene rings is 2. The Morgan fingerprint density at radius 3 is 2.93 bits per heavy atom. The van der Waals surface area contributed by atoms with Gasteiger partial charge in [0.1, 0.15) is 0 Å². The fraction of sp³-hybridized carbons (Fsp3) is 0.292. The van der Waals surface area contributed by atoms with Crippen LogP contribution in [0.5, 0.6) is 0 Å². The zero-order valence-electron chi connectivity index (χ0n) is 15.7. The zero-order valence-corrected chi connectivity index (χ0v) is 16.5. The normalized spacial score (nSPS) is 19.4. The van der Waals surface area contributed by atoms with Gasteiger partial charge < -0.3 is 4.98 Å². The third-order valence-corrected chi connectivity index (χ3v) is 6.47. The van der Waals surface area contributed by atoms with Crippen molar-refractivity contribution >= 4 is 28.1 Å². The smallest absolute Gasteiger partial charge is 0.0991 e. The van der Waals surface area contributed by atoms with Gasteiger partial charge in [-0.2, -0.15) is 5.26 Å². The van der Waals surface area contributed by atoms with E-state index in [4.69, 9.17) is 11.6 Å². The number of aromatic amines is 1. The van der Waals surface area contributed by atoms with Gasteiger partial charge in [-0.15, -0.1) is 0 Å². The zero-order chi connectivity index (χ0) is 19.1. The van der Waals surface area contributed by atoms with Crippen LogP contribution in [0.25, 0.3) is 16.5 Å². The number of H-pyrrole nitrogens is 1. The highest BCUT2D eigenvalue weighted by Crippen LogP contribution is 2.36. The van der Waals surface area contributed by atoms with E-state index in [1.54, 1.807) is 0 Å². The Kier molecular flexibility index (Phi) is 4.47. The van der Waals surface area contributed by atoms with Crippen LogP contribution in [0.3, 0.4) is 0 Å². The van der Waals surface area contributed by atoms with Crippen LogP contribution in [0.2, 0.25) is 5.02 Å². The monoisotopic (exact) mass is 387 g/mol. The van der Waals surface area contributed by atoms with Crippen LogP contribution in [0.15, 0.2) is 48.7 Å². The van der Waals surface area contributed by atoms with Crippen molar-refractivity contribution in [2.75, 3.05) is 19.6 Å². The maximum absolute atomic E-state index is 9.21. The second-order valence-electron chi connectivity index (χ2n) is 7.89. The van der Waals surface area contributed by atoms with E-state index >= 15 is 0 Å². The molecule has 2 aliphatic rings. The molecule has 0 bridgehead atoms. The van der Waals surface area contributed by atoms with Gasteiger partial charge in [0.15, 0.2) is 0 Å². The molecule has 1 aromatic heterocycles. The van der Waals surface area contributed by atoms with Gasteiger partial charge in [0, 0.05) is 47.3 Å². The Morgan fingerprint density at radius 2 is 2.11 bits per heavy atom. The Morgan fingerprint density at radius 1 is 1.18 bits per heavy atom. The van der Waals surface area contributed by atoms with E-state index in [2.05, 4.69) is 46.4 Å². The van der Waals surface area contributed by atoms with E-state index in [0.29, 0.717) is 5.92 Å². The molecule has 3 aromatic rings.